The number of aliphatic hydroxyl groups excluding tert-OH is 1. The Bertz CT molecular complexity index is 428. The molecule has 6 heteroatoms. The van der Waals surface area contributed by atoms with Crippen molar-refractivity contribution < 1.29 is 13.9 Å². The number of pyridine rings is 1. The molecule has 1 aromatic heterocycles. The zero-order chi connectivity index (χ0) is 13.1. The van der Waals surface area contributed by atoms with Crippen LogP contribution >= 0.6 is 0 Å². The number of rotatable bonds is 3. The molecule has 0 aliphatic heterocycles. The quantitative estimate of drug-likeness (QED) is 0.776. The highest BCUT2D eigenvalue weighted by Gasteiger charge is 2.24. The molecule has 1 fully saturated rings. The normalized spacial score (nSPS) is 23.8. The largest absolute Gasteiger partial charge is 0.391 e. The third kappa shape index (κ3) is 2.69. The minimum Gasteiger partial charge on any atom is -0.391 e. The van der Waals surface area contributed by atoms with E-state index >= 15 is 0 Å². The van der Waals surface area contributed by atoms with Crippen LogP contribution in [0.25, 0.3) is 0 Å². The number of anilines is 2. The minimum absolute atomic E-state index is 0.0100. The zero-order valence-corrected chi connectivity index (χ0v) is 10.2. The van der Waals surface area contributed by atoms with Crippen LogP contribution in [0.4, 0.5) is 20.4 Å². The van der Waals surface area contributed by atoms with E-state index in [2.05, 4.69) is 15.6 Å². The first kappa shape index (κ1) is 13.0. The van der Waals surface area contributed by atoms with Gasteiger partial charge in [-0.2, -0.15) is 0 Å². The first-order chi connectivity index (χ1) is 8.61. The molecule has 4 nitrogen and oxygen atoms in total. The fourth-order valence-corrected chi connectivity index (χ4v) is 2.20. The van der Waals surface area contributed by atoms with Gasteiger partial charge in [-0.05, 0) is 12.8 Å². The van der Waals surface area contributed by atoms with Gasteiger partial charge in [-0.25, -0.2) is 13.8 Å². The summed E-state index contributed by atoms with van der Waals surface area (Å²) in [5.74, 6) is -1.51. The number of nitrogens with zero attached hydrogens (tertiary/aromatic N) is 1. The topological polar surface area (TPSA) is 57.2 Å². The van der Waals surface area contributed by atoms with Crippen LogP contribution < -0.4 is 10.6 Å². The van der Waals surface area contributed by atoms with E-state index in [1.165, 1.54) is 7.05 Å². The summed E-state index contributed by atoms with van der Waals surface area (Å²) in [6.45, 7) is 0. The van der Waals surface area contributed by atoms with E-state index in [-0.39, 0.29) is 17.7 Å². The third-order valence-electron chi connectivity index (χ3n) is 3.22. The lowest BCUT2D eigenvalue weighted by atomic mass is 9.92. The van der Waals surface area contributed by atoms with E-state index in [4.69, 9.17) is 0 Å². The second-order valence-electron chi connectivity index (χ2n) is 4.50. The summed E-state index contributed by atoms with van der Waals surface area (Å²) in [7, 11) is 1.52. The Kier molecular flexibility index (Phi) is 3.96. The molecule has 0 bridgehead atoms. The molecule has 0 aromatic carbocycles. The predicted octanol–water partition coefficient (Wildman–Crippen LogP) is 2.12. The van der Waals surface area contributed by atoms with Gasteiger partial charge in [-0.3, -0.25) is 0 Å². The Labute approximate surface area is 104 Å². The molecular formula is C12H17F2N3O. The number of aliphatic hydroxyl groups is 1. The Hall–Kier alpha value is -1.43. The van der Waals surface area contributed by atoms with Crippen molar-refractivity contribution in [3.05, 3.63) is 17.7 Å². The molecule has 0 amide bonds. The van der Waals surface area contributed by atoms with Crippen LogP contribution in [0.2, 0.25) is 0 Å². The standard InChI is InChI=1S/C12H17F2N3O/c1-15-11-7(13)6-8(14)12(17-11)16-9-4-2-3-5-10(9)18/h6,9-10,18H,2-5H2,1H3,(H2,15,16,17). The van der Waals surface area contributed by atoms with E-state index in [0.717, 1.165) is 25.3 Å². The lowest BCUT2D eigenvalue weighted by Gasteiger charge is -2.28. The molecule has 0 spiro atoms. The van der Waals surface area contributed by atoms with Gasteiger partial charge in [0.05, 0.1) is 12.1 Å². The summed E-state index contributed by atoms with van der Waals surface area (Å²) >= 11 is 0. The average Bonchev–Trinajstić information content (AvgIpc) is 2.35. The van der Waals surface area contributed by atoms with E-state index in [0.29, 0.717) is 6.42 Å². The molecular weight excluding hydrogens is 240 g/mol. The number of hydrogen-bond donors (Lipinski definition) is 3. The van der Waals surface area contributed by atoms with Gasteiger partial charge in [0.25, 0.3) is 0 Å². The van der Waals surface area contributed by atoms with Crippen molar-refractivity contribution >= 4 is 11.6 Å². The second kappa shape index (κ2) is 5.48. The van der Waals surface area contributed by atoms with E-state index in [1.54, 1.807) is 0 Å². The molecule has 1 heterocycles. The van der Waals surface area contributed by atoms with Crippen LogP contribution in [0.15, 0.2) is 6.07 Å². The molecule has 1 aliphatic rings. The maximum atomic E-state index is 13.6. The molecule has 100 valence electrons. The second-order valence-corrected chi connectivity index (χ2v) is 4.50. The number of nitrogens with one attached hydrogen (secondary N) is 2. The van der Waals surface area contributed by atoms with Crippen LogP contribution in [0.1, 0.15) is 25.7 Å². The summed E-state index contributed by atoms with van der Waals surface area (Å²) in [6.07, 6.45) is 2.90. The van der Waals surface area contributed by atoms with Crippen molar-refractivity contribution in [3.8, 4) is 0 Å². The summed E-state index contributed by atoms with van der Waals surface area (Å²) in [5.41, 5.74) is 0. The van der Waals surface area contributed by atoms with Crippen molar-refractivity contribution in [2.75, 3.05) is 17.7 Å². The van der Waals surface area contributed by atoms with Crippen molar-refractivity contribution in [2.24, 2.45) is 0 Å². The van der Waals surface area contributed by atoms with Gasteiger partial charge >= 0.3 is 0 Å². The van der Waals surface area contributed by atoms with Crippen LogP contribution in [0.5, 0.6) is 0 Å². The smallest absolute Gasteiger partial charge is 0.168 e. The van der Waals surface area contributed by atoms with Crippen molar-refractivity contribution in [3.63, 3.8) is 0 Å². The molecule has 2 unspecified atom stereocenters. The number of halogens is 2. The maximum absolute atomic E-state index is 13.6. The number of hydrogen-bond acceptors (Lipinski definition) is 4. The van der Waals surface area contributed by atoms with Crippen molar-refractivity contribution in [1.29, 1.82) is 0 Å². The summed E-state index contributed by atoms with van der Waals surface area (Å²) in [5, 5.41) is 15.2. The van der Waals surface area contributed by atoms with Crippen LogP contribution in [-0.2, 0) is 0 Å². The fourth-order valence-electron chi connectivity index (χ4n) is 2.20. The average molecular weight is 257 g/mol. The van der Waals surface area contributed by atoms with Gasteiger partial charge in [0.1, 0.15) is 0 Å². The lowest BCUT2D eigenvalue weighted by molar-refractivity contribution is 0.116. The maximum Gasteiger partial charge on any atom is 0.168 e. The highest BCUT2D eigenvalue weighted by Crippen LogP contribution is 2.24. The van der Waals surface area contributed by atoms with Crippen LogP contribution in [0.3, 0.4) is 0 Å². The molecule has 1 aliphatic carbocycles. The first-order valence-corrected chi connectivity index (χ1v) is 6.10. The number of aromatic nitrogens is 1. The van der Waals surface area contributed by atoms with E-state index in [9.17, 15) is 13.9 Å². The lowest BCUT2D eigenvalue weighted by Crippen LogP contribution is -2.36. The van der Waals surface area contributed by atoms with E-state index < -0.39 is 17.7 Å². The molecule has 0 radical (unpaired) electrons. The van der Waals surface area contributed by atoms with Gasteiger partial charge in [0.15, 0.2) is 23.3 Å². The zero-order valence-electron chi connectivity index (χ0n) is 10.2. The Morgan fingerprint density at radius 1 is 1.22 bits per heavy atom. The van der Waals surface area contributed by atoms with Gasteiger partial charge in [-0.1, -0.05) is 12.8 Å². The van der Waals surface area contributed by atoms with Crippen LogP contribution in [0, 0.1) is 11.6 Å². The molecule has 3 N–H and O–H groups in total. The van der Waals surface area contributed by atoms with Gasteiger partial charge < -0.3 is 15.7 Å². The highest BCUT2D eigenvalue weighted by molar-refractivity contribution is 5.47. The summed E-state index contributed by atoms with van der Waals surface area (Å²) < 4.78 is 26.8. The monoisotopic (exact) mass is 257 g/mol. The Morgan fingerprint density at radius 2 is 1.89 bits per heavy atom. The van der Waals surface area contributed by atoms with Gasteiger partial charge in [-0.15, -0.1) is 0 Å². The van der Waals surface area contributed by atoms with E-state index in [1.807, 2.05) is 0 Å². The van der Waals surface area contributed by atoms with Crippen molar-refractivity contribution in [1.82, 2.24) is 4.98 Å². The Balaban J connectivity index is 2.17. The molecule has 0 saturated heterocycles. The molecule has 18 heavy (non-hydrogen) atoms. The third-order valence-corrected chi connectivity index (χ3v) is 3.22. The van der Waals surface area contributed by atoms with Gasteiger partial charge in [0, 0.05) is 13.1 Å². The minimum atomic E-state index is -0.746. The fraction of sp³-hybridized carbons (Fsp3) is 0.583. The van der Waals surface area contributed by atoms with Crippen molar-refractivity contribution in [2.45, 2.75) is 37.8 Å². The first-order valence-electron chi connectivity index (χ1n) is 6.10. The SMILES string of the molecule is CNc1nc(NC2CCCCC2O)c(F)cc1F. The predicted molar refractivity (Wildman–Crippen MR) is 65.6 cm³/mol. The molecule has 2 atom stereocenters. The summed E-state index contributed by atoms with van der Waals surface area (Å²) in [4.78, 5) is 3.84. The molecule has 1 saturated carbocycles. The van der Waals surface area contributed by atoms with Crippen LogP contribution in [-0.4, -0.2) is 29.3 Å². The van der Waals surface area contributed by atoms with Gasteiger partial charge in [0.2, 0.25) is 0 Å². The molecule has 2 rings (SSSR count). The Morgan fingerprint density at radius 3 is 2.56 bits per heavy atom. The highest BCUT2D eigenvalue weighted by atomic mass is 19.1. The molecule has 1 aromatic rings. The summed E-state index contributed by atoms with van der Waals surface area (Å²) in [6, 6.07) is 0.562.